The number of aliphatic hydroxyl groups is 1. The molecule has 0 saturated carbocycles. The van der Waals surface area contributed by atoms with Crippen molar-refractivity contribution in [3.05, 3.63) is 34.3 Å². The molecule has 2 nitrogen and oxygen atoms in total. The number of halogens is 1. The molecular formula is C13H20BrNO. The van der Waals surface area contributed by atoms with E-state index >= 15 is 0 Å². The second kappa shape index (κ2) is 4.86. The lowest BCUT2D eigenvalue weighted by Gasteiger charge is -2.30. The van der Waals surface area contributed by atoms with Gasteiger partial charge in [-0.25, -0.2) is 0 Å². The average molecular weight is 286 g/mol. The quantitative estimate of drug-likeness (QED) is 0.895. The molecule has 0 fully saturated rings. The molecule has 0 bridgehead atoms. The molecule has 1 aromatic carbocycles. The highest BCUT2D eigenvalue weighted by Gasteiger charge is 2.26. The third kappa shape index (κ3) is 3.89. The average Bonchev–Trinajstić information content (AvgIpc) is 2.14. The summed E-state index contributed by atoms with van der Waals surface area (Å²) in [5.74, 6) is 0. The fourth-order valence-electron chi connectivity index (χ4n) is 1.43. The summed E-state index contributed by atoms with van der Waals surface area (Å²) in [6.45, 7) is 8.61. The molecule has 1 rings (SSSR count). The van der Waals surface area contributed by atoms with Crippen LogP contribution in [-0.4, -0.2) is 17.2 Å². The Kier molecular flexibility index (Phi) is 4.16. The number of benzene rings is 1. The van der Waals surface area contributed by atoms with Gasteiger partial charge in [-0.1, -0.05) is 34.1 Å². The minimum Gasteiger partial charge on any atom is -0.384 e. The number of β-amino-alcohol motifs (C(OH)–C–C–N with tert-alkyl or cyclic N) is 1. The van der Waals surface area contributed by atoms with Crippen molar-refractivity contribution < 1.29 is 5.11 Å². The highest BCUT2D eigenvalue weighted by molar-refractivity contribution is 9.10. The molecule has 90 valence electrons. The van der Waals surface area contributed by atoms with Crippen molar-refractivity contribution in [3.8, 4) is 0 Å². The second-order valence-electron chi connectivity index (χ2n) is 5.36. The highest BCUT2D eigenvalue weighted by Crippen LogP contribution is 2.27. The van der Waals surface area contributed by atoms with Gasteiger partial charge in [0.1, 0.15) is 5.60 Å². The lowest BCUT2D eigenvalue weighted by atomic mass is 9.95. The van der Waals surface area contributed by atoms with Crippen LogP contribution in [0, 0.1) is 0 Å². The van der Waals surface area contributed by atoms with Crippen molar-refractivity contribution >= 4 is 15.9 Å². The Hall–Kier alpha value is -0.380. The normalized spacial score (nSPS) is 15.9. The molecule has 0 heterocycles. The van der Waals surface area contributed by atoms with Gasteiger partial charge in [-0.3, -0.25) is 0 Å². The molecular weight excluding hydrogens is 266 g/mol. The Bertz CT molecular complexity index is 355. The zero-order chi connectivity index (χ0) is 12.4. The van der Waals surface area contributed by atoms with Crippen LogP contribution in [0.5, 0.6) is 0 Å². The first-order valence-electron chi connectivity index (χ1n) is 5.45. The zero-order valence-electron chi connectivity index (χ0n) is 10.3. The molecule has 1 unspecified atom stereocenters. The predicted molar refractivity (Wildman–Crippen MR) is 71.5 cm³/mol. The van der Waals surface area contributed by atoms with E-state index in [9.17, 15) is 5.11 Å². The number of hydrogen-bond donors (Lipinski definition) is 2. The fraction of sp³-hybridized carbons (Fsp3) is 0.538. The molecule has 0 aromatic heterocycles. The monoisotopic (exact) mass is 285 g/mol. The SMILES string of the molecule is CC(C)(C)NCC(C)(O)c1ccccc1Br. The summed E-state index contributed by atoms with van der Waals surface area (Å²) >= 11 is 3.46. The predicted octanol–water partition coefficient (Wildman–Crippen LogP) is 3.04. The molecule has 0 saturated heterocycles. The lowest BCUT2D eigenvalue weighted by Crippen LogP contribution is -2.44. The Morgan fingerprint density at radius 3 is 2.25 bits per heavy atom. The van der Waals surface area contributed by atoms with Gasteiger partial charge in [-0.2, -0.15) is 0 Å². The molecule has 1 aromatic rings. The van der Waals surface area contributed by atoms with E-state index in [0.717, 1.165) is 10.0 Å². The van der Waals surface area contributed by atoms with E-state index in [4.69, 9.17) is 0 Å². The lowest BCUT2D eigenvalue weighted by molar-refractivity contribution is 0.0495. The van der Waals surface area contributed by atoms with E-state index in [-0.39, 0.29) is 5.54 Å². The highest BCUT2D eigenvalue weighted by atomic mass is 79.9. The smallest absolute Gasteiger partial charge is 0.100 e. The van der Waals surface area contributed by atoms with Gasteiger partial charge in [0.15, 0.2) is 0 Å². The van der Waals surface area contributed by atoms with Crippen LogP contribution in [0.25, 0.3) is 0 Å². The summed E-state index contributed by atoms with van der Waals surface area (Å²) in [6.07, 6.45) is 0. The van der Waals surface area contributed by atoms with Gasteiger partial charge in [0, 0.05) is 16.6 Å². The summed E-state index contributed by atoms with van der Waals surface area (Å²) < 4.78 is 0.940. The number of hydrogen-bond acceptors (Lipinski definition) is 2. The fourth-order valence-corrected chi connectivity index (χ4v) is 2.14. The van der Waals surface area contributed by atoms with E-state index in [1.807, 2.05) is 31.2 Å². The van der Waals surface area contributed by atoms with Gasteiger partial charge in [0.2, 0.25) is 0 Å². The number of nitrogens with one attached hydrogen (secondary N) is 1. The summed E-state index contributed by atoms with van der Waals surface area (Å²) in [6, 6.07) is 7.77. The van der Waals surface area contributed by atoms with Crippen molar-refractivity contribution in [2.75, 3.05) is 6.54 Å². The van der Waals surface area contributed by atoms with Crippen LogP contribution < -0.4 is 5.32 Å². The Balaban J connectivity index is 2.82. The molecule has 1 atom stereocenters. The van der Waals surface area contributed by atoms with Gasteiger partial charge in [-0.05, 0) is 39.3 Å². The molecule has 0 aliphatic rings. The van der Waals surface area contributed by atoms with Crippen molar-refractivity contribution in [3.63, 3.8) is 0 Å². The first kappa shape index (κ1) is 13.7. The zero-order valence-corrected chi connectivity index (χ0v) is 11.9. The molecule has 0 aliphatic carbocycles. The van der Waals surface area contributed by atoms with Crippen LogP contribution >= 0.6 is 15.9 Å². The first-order valence-corrected chi connectivity index (χ1v) is 6.24. The molecule has 0 spiro atoms. The molecule has 16 heavy (non-hydrogen) atoms. The third-order valence-corrected chi connectivity index (χ3v) is 3.11. The Labute approximate surface area is 106 Å². The maximum Gasteiger partial charge on any atom is 0.100 e. The van der Waals surface area contributed by atoms with Gasteiger partial charge >= 0.3 is 0 Å². The minimum absolute atomic E-state index is 0.00520. The van der Waals surface area contributed by atoms with Crippen molar-refractivity contribution in [1.29, 1.82) is 0 Å². The van der Waals surface area contributed by atoms with E-state index in [1.54, 1.807) is 0 Å². The van der Waals surface area contributed by atoms with E-state index in [1.165, 1.54) is 0 Å². The van der Waals surface area contributed by atoms with E-state index < -0.39 is 5.60 Å². The first-order chi connectivity index (χ1) is 7.22. The van der Waals surface area contributed by atoms with Crippen LogP contribution in [-0.2, 0) is 5.60 Å². The maximum atomic E-state index is 10.4. The van der Waals surface area contributed by atoms with Crippen LogP contribution in [0.2, 0.25) is 0 Å². The number of rotatable bonds is 3. The van der Waals surface area contributed by atoms with Crippen molar-refractivity contribution in [2.45, 2.75) is 38.8 Å². The summed E-state index contributed by atoms with van der Waals surface area (Å²) in [4.78, 5) is 0. The van der Waals surface area contributed by atoms with Crippen LogP contribution in [0.4, 0.5) is 0 Å². The largest absolute Gasteiger partial charge is 0.384 e. The van der Waals surface area contributed by atoms with Gasteiger partial charge in [0.05, 0.1) is 0 Å². The van der Waals surface area contributed by atoms with Gasteiger partial charge < -0.3 is 10.4 Å². The van der Waals surface area contributed by atoms with Crippen LogP contribution in [0.15, 0.2) is 28.7 Å². The molecule has 3 heteroatoms. The summed E-state index contributed by atoms with van der Waals surface area (Å²) in [7, 11) is 0. The van der Waals surface area contributed by atoms with E-state index in [0.29, 0.717) is 6.54 Å². The molecule has 0 aliphatic heterocycles. The Morgan fingerprint density at radius 1 is 1.19 bits per heavy atom. The topological polar surface area (TPSA) is 32.3 Å². The van der Waals surface area contributed by atoms with Crippen molar-refractivity contribution in [1.82, 2.24) is 5.32 Å². The van der Waals surface area contributed by atoms with Crippen LogP contribution in [0.3, 0.4) is 0 Å². The second-order valence-corrected chi connectivity index (χ2v) is 6.21. The minimum atomic E-state index is -0.868. The molecule has 0 radical (unpaired) electrons. The Morgan fingerprint density at radius 2 is 1.75 bits per heavy atom. The standard InChI is InChI=1S/C13H20BrNO/c1-12(2,3)15-9-13(4,16)10-7-5-6-8-11(10)14/h5-8,15-16H,9H2,1-4H3. The van der Waals surface area contributed by atoms with Crippen molar-refractivity contribution in [2.24, 2.45) is 0 Å². The van der Waals surface area contributed by atoms with Gasteiger partial charge in [0.25, 0.3) is 0 Å². The summed E-state index contributed by atoms with van der Waals surface area (Å²) in [5, 5.41) is 13.8. The molecule has 0 amide bonds. The van der Waals surface area contributed by atoms with Crippen LogP contribution in [0.1, 0.15) is 33.3 Å². The van der Waals surface area contributed by atoms with Gasteiger partial charge in [-0.15, -0.1) is 0 Å². The third-order valence-electron chi connectivity index (χ3n) is 2.42. The molecule has 2 N–H and O–H groups in total. The van der Waals surface area contributed by atoms with E-state index in [2.05, 4.69) is 42.0 Å². The maximum absolute atomic E-state index is 10.4. The summed E-state index contributed by atoms with van der Waals surface area (Å²) in [5.41, 5.74) is 0.0465.